The van der Waals surface area contributed by atoms with E-state index in [0.717, 1.165) is 231 Å². The summed E-state index contributed by atoms with van der Waals surface area (Å²) in [7, 11) is -13.3. The monoisotopic (exact) mass is 1950 g/mol. The highest BCUT2D eigenvalue weighted by atomic mass is 31.2. The van der Waals surface area contributed by atoms with Gasteiger partial charge in [-0.15, -0.1) is 0 Å². The van der Waals surface area contributed by atoms with Crippen LogP contribution in [0, 0.1) is 0 Å². The van der Waals surface area contributed by atoms with Crippen LogP contribution in [0.5, 0.6) is 0 Å². The Hall–Kier alpha value is -17.6. The van der Waals surface area contributed by atoms with Crippen LogP contribution in [0.2, 0.25) is 0 Å². The maximum absolute atomic E-state index is 16.6. The Morgan fingerprint density at radius 1 is 0.123 bits per heavy atom. The lowest BCUT2D eigenvalue weighted by Crippen LogP contribution is -2.15. The van der Waals surface area contributed by atoms with Gasteiger partial charge in [0.15, 0.2) is 0 Å². The second kappa shape index (κ2) is 33.0. The van der Waals surface area contributed by atoms with E-state index in [1.54, 1.807) is 0 Å². The summed E-state index contributed by atoms with van der Waals surface area (Å²) in [6.07, 6.45) is 0. The van der Waals surface area contributed by atoms with Crippen molar-refractivity contribution in [2.45, 2.75) is 0 Å². The Morgan fingerprint density at radius 2 is 0.336 bits per heavy atom. The third-order valence-electron chi connectivity index (χ3n) is 29.9. The fourth-order valence-corrected chi connectivity index (χ4v) is 35.9. The van der Waals surface area contributed by atoms with Gasteiger partial charge < -0.3 is 0 Å². The van der Waals surface area contributed by atoms with Crippen LogP contribution in [0.15, 0.2) is 522 Å². The molecule has 0 N–H and O–H groups in total. The van der Waals surface area contributed by atoms with Gasteiger partial charge in [-0.25, -0.2) is 0 Å². The summed E-state index contributed by atoms with van der Waals surface area (Å²) >= 11 is 0. The standard InChI is InChI=1S/C42H27N2OP.C34H23N2OP.C28H19N2OP.C26H17N2OP/c45-46(38-22-34(28-11-3-1-4-12-28)21-35(23-38)29-13-5-2-6-14-29)43-39-24-32-17-9-7-15-30(32)19-36(39)26-41(43)42-27-37-20-31-16-8-10-18-33(31)25-40(37)44(42)46;37-38(30-20-28(24-11-3-1-4-12-24)19-29(21-30)25-13-5-2-6-14-25)35-31-17-9-7-15-26(31)22-33(35)34-23-27-16-8-10-18-32(27)36(34)38;31-32(24-14-8-13-21(17-24)20-9-2-1-3-10-20)29-25-15-6-4-11-22(25)18-27(29)28-19-23-12-5-7-16-26(23)30(28)32;29-30(26-15-7-11-18-8-1-4-12-21(18)26)27-22-13-5-2-9-19(22)16-24(27)25-17-20-10-3-6-14-23(20)28(25)30/h1-27H;1-23H;1-19H;1-17H. The molecule has 16 heteroatoms. The smallest absolute Gasteiger partial charge is 0.269 e. The SMILES string of the molecule is O=P1(c2cc(-c3ccccc3)cc(-c3ccccc3)c2)n2c(cc3cc4ccccc4cc32)-c2cc3cc4ccccc4cc3n21.O=P1(c2cc(-c3ccccc3)cc(-c3ccccc3)c2)n2c(cc3ccccc32)-c2cc3ccccc3n21.O=P1(c2cccc(-c3ccccc3)c2)n2c(cc3ccccc32)-c2cc3ccccc3n21.O=P1(c2cccc3ccccc23)n2c(cc3ccccc32)-c2cc3ccccc3n21. The molecule has 4 aliphatic rings. The van der Waals surface area contributed by atoms with Crippen molar-refractivity contribution in [3.8, 4) is 101 Å². The number of benzene rings is 20. The topological polar surface area (TPSA) is 108 Å². The van der Waals surface area contributed by atoms with Crippen molar-refractivity contribution in [3.63, 3.8) is 0 Å². The summed E-state index contributed by atoms with van der Waals surface area (Å²) in [5.74, 6) is 0. The van der Waals surface area contributed by atoms with Gasteiger partial charge in [0.05, 0.1) is 111 Å². The minimum Gasteiger partial charge on any atom is -0.269 e. The van der Waals surface area contributed by atoms with Crippen LogP contribution in [0.4, 0.5) is 0 Å². The maximum Gasteiger partial charge on any atom is 0.302 e. The molecule has 0 saturated heterocycles. The third-order valence-corrected chi connectivity index (χ3v) is 41.5. The molecule has 0 saturated carbocycles. The van der Waals surface area contributed by atoms with Gasteiger partial charge in [-0.1, -0.05) is 358 Å². The maximum atomic E-state index is 16.6. The van der Waals surface area contributed by atoms with Crippen molar-refractivity contribution < 1.29 is 18.3 Å². The highest BCUT2D eigenvalue weighted by Crippen LogP contribution is 2.68. The van der Waals surface area contributed by atoms with Crippen molar-refractivity contribution in [2.75, 3.05) is 0 Å². The summed E-state index contributed by atoms with van der Waals surface area (Å²) in [5.41, 5.74) is 26.8. The number of para-hydroxylation sites is 6. The zero-order valence-corrected chi connectivity index (χ0v) is 82.2. The molecule has 0 atom stereocenters. The Morgan fingerprint density at radius 3 is 0.651 bits per heavy atom. The molecule has 32 rings (SSSR count). The summed E-state index contributed by atoms with van der Waals surface area (Å²) in [6, 6.07) is 180. The van der Waals surface area contributed by atoms with E-state index in [2.05, 4.69) is 405 Å². The first-order valence-electron chi connectivity index (χ1n) is 49.3. The molecule has 28 aromatic rings. The van der Waals surface area contributed by atoms with Gasteiger partial charge >= 0.3 is 29.8 Å². The molecular formula is C130H86N8O4P4. The summed E-state index contributed by atoms with van der Waals surface area (Å²) < 4.78 is 80.0. The predicted molar refractivity (Wildman–Crippen MR) is 609 cm³/mol. The lowest BCUT2D eigenvalue weighted by Gasteiger charge is -2.22. The van der Waals surface area contributed by atoms with Crippen molar-refractivity contribution in [3.05, 3.63) is 522 Å². The lowest BCUT2D eigenvalue weighted by molar-refractivity contribution is 0.573. The van der Waals surface area contributed by atoms with Crippen molar-refractivity contribution in [1.29, 1.82) is 0 Å². The molecule has 690 valence electrons. The van der Waals surface area contributed by atoms with Gasteiger partial charge in [-0.05, 0) is 252 Å². The van der Waals surface area contributed by atoms with E-state index in [4.69, 9.17) is 0 Å². The summed E-state index contributed by atoms with van der Waals surface area (Å²) in [4.78, 5) is 0. The molecule has 12 heterocycles. The molecule has 4 aliphatic heterocycles. The van der Waals surface area contributed by atoms with E-state index in [1.807, 2.05) is 152 Å². The molecule has 0 bridgehead atoms. The van der Waals surface area contributed by atoms with Crippen molar-refractivity contribution in [2.24, 2.45) is 0 Å². The molecule has 12 nitrogen and oxygen atoms in total. The fourth-order valence-electron chi connectivity index (χ4n) is 23.4. The van der Waals surface area contributed by atoms with Crippen LogP contribution in [0.25, 0.3) is 221 Å². The second-order valence-corrected chi connectivity index (χ2v) is 47.8. The molecule has 20 aromatic carbocycles. The van der Waals surface area contributed by atoms with E-state index in [1.165, 1.54) is 10.8 Å². The average Bonchev–Trinajstić information content (AvgIpc) is 1.28. The first-order chi connectivity index (χ1) is 71.9. The first kappa shape index (κ1) is 85.2. The average molecular weight is 1950 g/mol. The molecule has 146 heavy (non-hydrogen) atoms. The van der Waals surface area contributed by atoms with Crippen molar-refractivity contribution in [1.82, 2.24) is 34.7 Å². The van der Waals surface area contributed by atoms with Gasteiger partial charge in [0.25, 0.3) is 0 Å². The molecule has 0 aliphatic carbocycles. The van der Waals surface area contributed by atoms with Crippen molar-refractivity contribution >= 4 is 171 Å². The number of hydrogen-bond donors (Lipinski definition) is 0. The lowest BCUT2D eigenvalue weighted by atomic mass is 9.99. The number of nitrogens with zero attached hydrogens (tertiary/aromatic N) is 8. The predicted octanol–water partition coefficient (Wildman–Crippen LogP) is 33.8. The largest absolute Gasteiger partial charge is 0.302 e. The van der Waals surface area contributed by atoms with Crippen LogP contribution in [-0.4, -0.2) is 34.7 Å². The minimum absolute atomic E-state index is 0.809. The number of fused-ring (bicyclic) bond motifs is 31. The van der Waals surface area contributed by atoms with Crippen LogP contribution >= 0.6 is 29.8 Å². The zero-order valence-electron chi connectivity index (χ0n) is 78.7. The molecule has 0 unspecified atom stereocenters. The van der Waals surface area contributed by atoms with Gasteiger partial charge in [0.1, 0.15) is 0 Å². The quantitative estimate of drug-likeness (QED) is 0.134. The second-order valence-electron chi connectivity index (χ2n) is 38.2. The molecule has 0 fully saturated rings. The normalized spacial score (nSPS) is 13.8. The van der Waals surface area contributed by atoms with Crippen LogP contribution in [0.1, 0.15) is 0 Å². The van der Waals surface area contributed by atoms with E-state index < -0.39 is 29.8 Å². The van der Waals surface area contributed by atoms with Crippen LogP contribution < -0.4 is 21.2 Å². The number of rotatable bonds is 9. The zero-order chi connectivity index (χ0) is 96.8. The molecule has 0 radical (unpaired) electrons. The fraction of sp³-hybridized carbons (Fsp3) is 0. The van der Waals surface area contributed by atoms with E-state index in [9.17, 15) is 0 Å². The summed E-state index contributed by atoms with van der Waals surface area (Å²) in [5, 5.41) is 19.0. The van der Waals surface area contributed by atoms with Gasteiger partial charge in [-0.2, -0.15) is 0 Å². The van der Waals surface area contributed by atoms with Gasteiger partial charge in [0.2, 0.25) is 0 Å². The Labute approximate surface area is 840 Å². The number of aromatic nitrogens is 8. The van der Waals surface area contributed by atoms with E-state index in [-0.39, 0.29) is 0 Å². The van der Waals surface area contributed by atoms with Crippen LogP contribution in [-0.2, 0) is 18.3 Å². The molecule has 0 spiro atoms. The summed E-state index contributed by atoms with van der Waals surface area (Å²) in [6.45, 7) is 0. The molecule has 0 amide bonds. The van der Waals surface area contributed by atoms with Gasteiger partial charge in [-0.3, -0.25) is 53.0 Å². The van der Waals surface area contributed by atoms with E-state index >= 15 is 18.3 Å². The molecule has 8 aromatic heterocycles. The molecular weight excluding hydrogens is 1860 g/mol. The van der Waals surface area contributed by atoms with E-state index in [0.29, 0.717) is 0 Å². The third kappa shape index (κ3) is 12.8. The highest BCUT2D eigenvalue weighted by molar-refractivity contribution is 7.71. The van der Waals surface area contributed by atoms with Gasteiger partial charge in [0, 0.05) is 43.1 Å². The minimum atomic E-state index is -3.52. The highest BCUT2D eigenvalue weighted by Gasteiger charge is 2.48. The Bertz CT molecular complexity index is 10000. The number of hydrogen-bond acceptors (Lipinski definition) is 4. The first-order valence-corrected chi connectivity index (χ1v) is 55.7. The Balaban J connectivity index is 0.0000000934. The Kier molecular flexibility index (Phi) is 19.3. The van der Waals surface area contributed by atoms with Crippen LogP contribution in [0.3, 0.4) is 0 Å².